The Labute approximate surface area is 166 Å². The van der Waals surface area contributed by atoms with Crippen molar-refractivity contribution in [3.05, 3.63) is 77.0 Å². The van der Waals surface area contributed by atoms with E-state index in [9.17, 15) is 4.79 Å². The van der Waals surface area contributed by atoms with Crippen LogP contribution in [0.2, 0.25) is 0 Å². The average molecular weight is 377 g/mol. The molecule has 2 aromatic carbocycles. The predicted molar refractivity (Wildman–Crippen MR) is 111 cm³/mol. The minimum Gasteiger partial charge on any atom is -0.360 e. The van der Waals surface area contributed by atoms with Crippen LogP contribution < -0.4 is 5.32 Å². The van der Waals surface area contributed by atoms with Crippen LogP contribution in [0.1, 0.15) is 41.1 Å². The highest BCUT2D eigenvalue weighted by Crippen LogP contribution is 2.25. The van der Waals surface area contributed by atoms with E-state index in [0.717, 1.165) is 30.8 Å². The molecule has 146 valence electrons. The van der Waals surface area contributed by atoms with Crippen LogP contribution in [0.3, 0.4) is 0 Å². The van der Waals surface area contributed by atoms with E-state index in [1.54, 1.807) is 6.92 Å². The van der Waals surface area contributed by atoms with E-state index in [1.807, 2.05) is 42.5 Å². The van der Waals surface area contributed by atoms with E-state index in [4.69, 9.17) is 4.52 Å². The lowest BCUT2D eigenvalue weighted by atomic mass is 10.0. The van der Waals surface area contributed by atoms with Gasteiger partial charge in [0.1, 0.15) is 17.0 Å². The highest BCUT2D eigenvalue weighted by atomic mass is 16.5. The topological polar surface area (TPSA) is 58.4 Å². The van der Waals surface area contributed by atoms with Crippen molar-refractivity contribution in [3.8, 4) is 11.3 Å². The van der Waals surface area contributed by atoms with Crippen molar-refractivity contribution >= 4 is 5.91 Å². The average Bonchev–Trinajstić information content (AvgIpc) is 3.13. The van der Waals surface area contributed by atoms with Crippen LogP contribution in [-0.2, 0) is 13.1 Å². The summed E-state index contributed by atoms with van der Waals surface area (Å²) in [6.45, 7) is 9.43. The van der Waals surface area contributed by atoms with E-state index in [2.05, 4.69) is 41.4 Å². The van der Waals surface area contributed by atoms with Gasteiger partial charge >= 0.3 is 0 Å². The summed E-state index contributed by atoms with van der Waals surface area (Å²) in [5, 5.41) is 7.14. The molecule has 0 atom stereocenters. The van der Waals surface area contributed by atoms with Crippen molar-refractivity contribution in [2.75, 3.05) is 13.1 Å². The maximum Gasteiger partial charge on any atom is 0.257 e. The largest absolute Gasteiger partial charge is 0.360 e. The van der Waals surface area contributed by atoms with E-state index >= 15 is 0 Å². The van der Waals surface area contributed by atoms with Crippen molar-refractivity contribution in [3.63, 3.8) is 0 Å². The van der Waals surface area contributed by atoms with E-state index in [0.29, 0.717) is 23.6 Å². The van der Waals surface area contributed by atoms with Crippen molar-refractivity contribution < 1.29 is 9.32 Å². The Morgan fingerprint density at radius 3 is 2.32 bits per heavy atom. The SMILES string of the molecule is CCN(CC)Cc1ccccc1CNC(=O)c1c(-c2ccccc2)noc1C. The lowest BCUT2D eigenvalue weighted by Gasteiger charge is -2.20. The van der Waals surface area contributed by atoms with Gasteiger partial charge in [0.25, 0.3) is 5.91 Å². The van der Waals surface area contributed by atoms with Crippen LogP contribution in [0.5, 0.6) is 0 Å². The van der Waals surface area contributed by atoms with Crippen LogP contribution in [0.25, 0.3) is 11.3 Å². The Morgan fingerprint density at radius 1 is 1.00 bits per heavy atom. The molecule has 0 aliphatic rings. The van der Waals surface area contributed by atoms with Gasteiger partial charge in [0, 0.05) is 18.7 Å². The molecular weight excluding hydrogens is 350 g/mol. The normalized spacial score (nSPS) is 11.0. The molecule has 0 aliphatic heterocycles. The molecule has 1 amide bonds. The highest BCUT2D eigenvalue weighted by Gasteiger charge is 2.21. The Balaban J connectivity index is 1.77. The second-order valence-electron chi connectivity index (χ2n) is 6.74. The van der Waals surface area contributed by atoms with Crippen molar-refractivity contribution in [2.24, 2.45) is 0 Å². The number of hydrogen-bond donors (Lipinski definition) is 1. The Bertz CT molecular complexity index is 915. The first-order valence-electron chi connectivity index (χ1n) is 9.73. The third-order valence-electron chi connectivity index (χ3n) is 4.98. The smallest absolute Gasteiger partial charge is 0.257 e. The number of rotatable bonds is 8. The van der Waals surface area contributed by atoms with Crippen LogP contribution in [0, 0.1) is 6.92 Å². The summed E-state index contributed by atoms with van der Waals surface area (Å²) in [5.41, 5.74) is 4.29. The summed E-state index contributed by atoms with van der Waals surface area (Å²) in [7, 11) is 0. The molecule has 1 N–H and O–H groups in total. The van der Waals surface area contributed by atoms with Gasteiger partial charge in [0.05, 0.1) is 0 Å². The summed E-state index contributed by atoms with van der Waals surface area (Å²) >= 11 is 0. The van der Waals surface area contributed by atoms with E-state index in [-0.39, 0.29) is 5.91 Å². The first-order chi connectivity index (χ1) is 13.6. The Morgan fingerprint density at radius 2 is 1.64 bits per heavy atom. The molecule has 28 heavy (non-hydrogen) atoms. The number of nitrogens with zero attached hydrogens (tertiary/aromatic N) is 2. The summed E-state index contributed by atoms with van der Waals surface area (Å²) < 4.78 is 5.31. The standard InChI is InChI=1S/C23H27N3O2/c1-4-26(5-2)16-20-14-10-9-13-19(20)15-24-23(27)21-17(3)28-25-22(21)18-11-7-6-8-12-18/h6-14H,4-5,15-16H2,1-3H3,(H,24,27). The van der Waals surface area contributed by atoms with E-state index < -0.39 is 0 Å². The van der Waals surface area contributed by atoms with Gasteiger partial charge in [-0.1, -0.05) is 73.6 Å². The van der Waals surface area contributed by atoms with Crippen molar-refractivity contribution in [1.29, 1.82) is 0 Å². The summed E-state index contributed by atoms with van der Waals surface area (Å²) in [6.07, 6.45) is 0. The summed E-state index contributed by atoms with van der Waals surface area (Å²) in [6, 6.07) is 17.9. The second-order valence-corrected chi connectivity index (χ2v) is 6.74. The third-order valence-corrected chi connectivity index (χ3v) is 4.98. The van der Waals surface area contributed by atoms with Crippen LogP contribution in [0.4, 0.5) is 0 Å². The van der Waals surface area contributed by atoms with Crippen LogP contribution in [0.15, 0.2) is 59.1 Å². The number of carbonyl (C=O) groups is 1. The number of carbonyl (C=O) groups excluding carboxylic acids is 1. The van der Waals surface area contributed by atoms with Crippen molar-refractivity contribution in [1.82, 2.24) is 15.4 Å². The second kappa shape index (κ2) is 9.33. The summed E-state index contributed by atoms with van der Waals surface area (Å²) in [5.74, 6) is 0.350. The number of hydrogen-bond acceptors (Lipinski definition) is 4. The minimum absolute atomic E-state index is 0.171. The fourth-order valence-corrected chi connectivity index (χ4v) is 3.27. The van der Waals surface area contributed by atoms with Crippen LogP contribution >= 0.6 is 0 Å². The zero-order valence-electron chi connectivity index (χ0n) is 16.7. The molecule has 0 saturated heterocycles. The van der Waals surface area contributed by atoms with Gasteiger partial charge in [0.2, 0.25) is 0 Å². The molecule has 0 bridgehead atoms. The molecule has 0 unspecified atom stereocenters. The highest BCUT2D eigenvalue weighted by molar-refractivity contribution is 6.00. The van der Waals surface area contributed by atoms with Gasteiger partial charge in [-0.2, -0.15) is 0 Å². The molecule has 3 aromatic rings. The number of amides is 1. The fraction of sp³-hybridized carbons (Fsp3) is 0.304. The number of aromatic nitrogens is 1. The first kappa shape index (κ1) is 19.8. The quantitative estimate of drug-likeness (QED) is 0.631. The number of nitrogens with one attached hydrogen (secondary N) is 1. The molecule has 3 rings (SSSR count). The molecule has 1 heterocycles. The predicted octanol–water partition coefficient (Wildman–Crippen LogP) is 4.42. The number of benzene rings is 2. The lowest BCUT2D eigenvalue weighted by molar-refractivity contribution is 0.0949. The zero-order valence-corrected chi connectivity index (χ0v) is 16.7. The lowest BCUT2D eigenvalue weighted by Crippen LogP contribution is -2.26. The molecule has 0 saturated carbocycles. The molecule has 0 radical (unpaired) electrons. The molecule has 0 aliphatic carbocycles. The molecule has 0 fully saturated rings. The fourth-order valence-electron chi connectivity index (χ4n) is 3.27. The maximum atomic E-state index is 12.9. The first-order valence-corrected chi connectivity index (χ1v) is 9.73. The van der Waals surface area contributed by atoms with Gasteiger partial charge in [-0.25, -0.2) is 0 Å². The number of aryl methyl sites for hydroxylation is 1. The van der Waals surface area contributed by atoms with Gasteiger partial charge < -0.3 is 9.84 Å². The van der Waals surface area contributed by atoms with Crippen LogP contribution in [-0.4, -0.2) is 29.1 Å². The molecular formula is C23H27N3O2. The van der Waals surface area contributed by atoms with Gasteiger partial charge in [0.15, 0.2) is 0 Å². The minimum atomic E-state index is -0.171. The monoisotopic (exact) mass is 377 g/mol. The van der Waals surface area contributed by atoms with Gasteiger partial charge in [-0.05, 0) is 31.1 Å². The van der Waals surface area contributed by atoms with Gasteiger partial charge in [-0.3, -0.25) is 9.69 Å². The zero-order chi connectivity index (χ0) is 19.9. The molecule has 1 aromatic heterocycles. The summed E-state index contributed by atoms with van der Waals surface area (Å²) in [4.78, 5) is 15.3. The Hall–Kier alpha value is -2.92. The Kier molecular flexibility index (Phi) is 6.61. The van der Waals surface area contributed by atoms with E-state index in [1.165, 1.54) is 5.56 Å². The van der Waals surface area contributed by atoms with Crippen molar-refractivity contribution in [2.45, 2.75) is 33.9 Å². The maximum absolute atomic E-state index is 12.9. The third kappa shape index (κ3) is 4.49. The van der Waals surface area contributed by atoms with Gasteiger partial charge in [-0.15, -0.1) is 0 Å². The molecule has 0 spiro atoms. The molecule has 5 nitrogen and oxygen atoms in total. The molecule has 5 heteroatoms.